The lowest BCUT2D eigenvalue weighted by molar-refractivity contribution is -0.121. The van der Waals surface area contributed by atoms with Gasteiger partial charge in [0, 0.05) is 6.04 Å². The van der Waals surface area contributed by atoms with E-state index in [1.54, 1.807) is 0 Å². The molecule has 0 saturated heterocycles. The van der Waals surface area contributed by atoms with Crippen LogP contribution in [0.3, 0.4) is 0 Å². The van der Waals surface area contributed by atoms with Crippen LogP contribution in [-0.2, 0) is 4.79 Å². The van der Waals surface area contributed by atoms with Gasteiger partial charge in [-0.1, -0.05) is 67.6 Å². The lowest BCUT2D eigenvalue weighted by Crippen LogP contribution is -2.46. The summed E-state index contributed by atoms with van der Waals surface area (Å²) in [6, 6.07) is 19.6. The first kappa shape index (κ1) is 19.7. The van der Waals surface area contributed by atoms with Gasteiger partial charge < -0.3 is 5.32 Å². The van der Waals surface area contributed by atoms with Gasteiger partial charge in [0.1, 0.15) is 0 Å². The van der Waals surface area contributed by atoms with E-state index in [-0.39, 0.29) is 24.5 Å². The second-order valence-electron chi connectivity index (χ2n) is 6.47. The number of carbonyl (C=O) groups is 2. The maximum absolute atomic E-state index is 12.3. The Morgan fingerprint density at radius 3 is 1.92 bits per heavy atom. The molecule has 5 heteroatoms. The fourth-order valence-electron chi connectivity index (χ4n) is 2.82. The largest absolute Gasteiger partial charge is 0.335 e. The Balaban J connectivity index is 2.09. The van der Waals surface area contributed by atoms with E-state index in [0.29, 0.717) is 0 Å². The normalized spacial score (nSPS) is 12.0. The summed E-state index contributed by atoms with van der Waals surface area (Å²) in [5, 5.41) is 5.14. The predicted octanol–water partition coefficient (Wildman–Crippen LogP) is 3.33. The Kier molecular flexibility index (Phi) is 7.36. The molecule has 0 heterocycles. The molecule has 0 aromatic heterocycles. The number of amides is 3. The van der Waals surface area contributed by atoms with Crippen molar-refractivity contribution in [2.24, 2.45) is 0 Å². The third kappa shape index (κ3) is 5.70. The zero-order chi connectivity index (χ0) is 18.9. The van der Waals surface area contributed by atoms with E-state index in [2.05, 4.69) is 10.6 Å². The van der Waals surface area contributed by atoms with Crippen LogP contribution in [0.25, 0.3) is 0 Å². The highest BCUT2D eigenvalue weighted by atomic mass is 16.2. The zero-order valence-electron chi connectivity index (χ0n) is 15.6. The van der Waals surface area contributed by atoms with Crippen LogP contribution in [0.2, 0.25) is 0 Å². The van der Waals surface area contributed by atoms with Crippen molar-refractivity contribution in [2.45, 2.75) is 32.4 Å². The third-order valence-corrected chi connectivity index (χ3v) is 4.31. The Morgan fingerprint density at radius 1 is 0.962 bits per heavy atom. The first-order valence-electron chi connectivity index (χ1n) is 8.91. The average Bonchev–Trinajstić information content (AvgIpc) is 2.63. The van der Waals surface area contributed by atoms with Crippen LogP contribution in [0, 0.1) is 0 Å². The van der Waals surface area contributed by atoms with Gasteiger partial charge in [-0.3, -0.25) is 15.0 Å². The maximum Gasteiger partial charge on any atom is 0.321 e. The highest BCUT2D eigenvalue weighted by molar-refractivity contribution is 5.95. The van der Waals surface area contributed by atoms with Gasteiger partial charge in [0.2, 0.25) is 5.91 Å². The quantitative estimate of drug-likeness (QED) is 0.803. The predicted molar refractivity (Wildman–Crippen MR) is 104 cm³/mol. The molecule has 0 spiro atoms. The number of rotatable bonds is 7. The molecule has 138 valence electrons. The monoisotopic (exact) mass is 353 g/mol. The molecule has 2 rings (SSSR count). The van der Waals surface area contributed by atoms with E-state index in [1.807, 2.05) is 86.5 Å². The van der Waals surface area contributed by atoms with Crippen LogP contribution in [0.15, 0.2) is 60.7 Å². The highest BCUT2D eigenvalue weighted by Crippen LogP contribution is 2.27. The summed E-state index contributed by atoms with van der Waals surface area (Å²) >= 11 is 0. The van der Waals surface area contributed by atoms with Gasteiger partial charge >= 0.3 is 6.03 Å². The zero-order valence-corrected chi connectivity index (χ0v) is 15.6. The molecule has 5 nitrogen and oxygen atoms in total. The Hall–Kier alpha value is -2.66. The van der Waals surface area contributed by atoms with Crippen LogP contribution >= 0.6 is 0 Å². The summed E-state index contributed by atoms with van der Waals surface area (Å²) in [4.78, 5) is 26.1. The van der Waals surface area contributed by atoms with Crippen molar-refractivity contribution >= 4 is 11.9 Å². The van der Waals surface area contributed by atoms with Crippen LogP contribution < -0.4 is 10.6 Å². The fourth-order valence-corrected chi connectivity index (χ4v) is 2.82. The van der Waals surface area contributed by atoms with Gasteiger partial charge in [-0.2, -0.15) is 0 Å². The number of nitrogens with zero attached hydrogens (tertiary/aromatic N) is 1. The Morgan fingerprint density at radius 2 is 1.46 bits per heavy atom. The van der Waals surface area contributed by atoms with Gasteiger partial charge in [0.05, 0.1) is 12.6 Å². The molecule has 2 aromatic rings. The van der Waals surface area contributed by atoms with E-state index in [9.17, 15) is 9.59 Å². The van der Waals surface area contributed by atoms with Crippen molar-refractivity contribution in [1.82, 2.24) is 15.5 Å². The number of nitrogens with one attached hydrogen (secondary N) is 2. The minimum Gasteiger partial charge on any atom is -0.335 e. The van der Waals surface area contributed by atoms with E-state index in [1.165, 1.54) is 0 Å². The van der Waals surface area contributed by atoms with E-state index >= 15 is 0 Å². The molecule has 3 amide bonds. The van der Waals surface area contributed by atoms with Crippen molar-refractivity contribution < 1.29 is 9.59 Å². The molecule has 2 N–H and O–H groups in total. The summed E-state index contributed by atoms with van der Waals surface area (Å²) in [5.74, 6) is -0.329. The molecular formula is C21H27N3O2. The number of hydrogen-bond acceptors (Lipinski definition) is 3. The lowest BCUT2D eigenvalue weighted by Gasteiger charge is -2.28. The molecule has 0 radical (unpaired) electrons. The maximum atomic E-state index is 12.3. The van der Waals surface area contributed by atoms with Crippen molar-refractivity contribution in [3.63, 3.8) is 0 Å². The number of urea groups is 1. The van der Waals surface area contributed by atoms with Gasteiger partial charge in [-0.25, -0.2) is 4.79 Å². The molecule has 0 aliphatic rings. The molecular weight excluding hydrogens is 326 g/mol. The average molecular weight is 353 g/mol. The molecule has 0 fully saturated rings. The number of likely N-dealkylation sites (N-methyl/N-ethyl adjacent to an activating group) is 1. The Bertz CT molecular complexity index is 664. The molecule has 2 aromatic carbocycles. The summed E-state index contributed by atoms with van der Waals surface area (Å²) in [6.07, 6.45) is 0.811. The smallest absolute Gasteiger partial charge is 0.321 e. The number of hydrogen-bond donors (Lipinski definition) is 2. The minimum atomic E-state index is -0.450. The van der Waals surface area contributed by atoms with E-state index in [4.69, 9.17) is 0 Å². The fraction of sp³-hybridized carbons (Fsp3) is 0.333. The van der Waals surface area contributed by atoms with E-state index < -0.39 is 6.03 Å². The van der Waals surface area contributed by atoms with E-state index in [0.717, 1.165) is 17.5 Å². The van der Waals surface area contributed by atoms with Gasteiger partial charge in [-0.15, -0.1) is 0 Å². The molecule has 0 saturated carbocycles. The topological polar surface area (TPSA) is 61.4 Å². The van der Waals surface area contributed by atoms with Crippen molar-refractivity contribution in [1.29, 1.82) is 0 Å². The third-order valence-electron chi connectivity index (χ3n) is 4.31. The Labute approximate surface area is 155 Å². The summed E-state index contributed by atoms with van der Waals surface area (Å²) in [5.41, 5.74) is 2.19. The molecule has 0 unspecified atom stereocenters. The first-order valence-corrected chi connectivity index (χ1v) is 8.91. The van der Waals surface area contributed by atoms with Gasteiger partial charge in [-0.05, 0) is 31.5 Å². The molecule has 0 aliphatic carbocycles. The lowest BCUT2D eigenvalue weighted by atomic mass is 9.97. The second-order valence-corrected chi connectivity index (χ2v) is 6.47. The second kappa shape index (κ2) is 9.73. The van der Waals surface area contributed by atoms with Crippen LogP contribution in [-0.4, -0.2) is 36.5 Å². The summed E-state index contributed by atoms with van der Waals surface area (Å²) in [7, 11) is 1.89. The number of imide groups is 1. The van der Waals surface area contributed by atoms with Crippen molar-refractivity contribution in [3.05, 3.63) is 71.8 Å². The standard InChI is InChI=1S/C21H27N3O2/c1-4-16(2)22-21(26)23-19(25)15-24(3)20(17-11-7-5-8-12-17)18-13-9-6-10-14-18/h5-14,16,20H,4,15H2,1-3H3,(H2,22,23,25,26)/t16-/m0/s1. The van der Waals surface area contributed by atoms with Gasteiger partial charge in [0.15, 0.2) is 0 Å². The summed E-state index contributed by atoms with van der Waals surface area (Å²) < 4.78 is 0. The minimum absolute atomic E-state index is 0.0296. The highest BCUT2D eigenvalue weighted by Gasteiger charge is 2.21. The molecule has 26 heavy (non-hydrogen) atoms. The SMILES string of the molecule is CC[C@H](C)NC(=O)NC(=O)CN(C)C(c1ccccc1)c1ccccc1. The molecule has 0 bridgehead atoms. The van der Waals surface area contributed by atoms with Gasteiger partial charge in [0.25, 0.3) is 0 Å². The van der Waals surface area contributed by atoms with Crippen LogP contribution in [0.1, 0.15) is 37.4 Å². The number of carbonyl (C=O) groups excluding carboxylic acids is 2. The van der Waals surface area contributed by atoms with Crippen molar-refractivity contribution in [2.75, 3.05) is 13.6 Å². The first-order chi connectivity index (χ1) is 12.5. The van der Waals surface area contributed by atoms with Crippen LogP contribution in [0.4, 0.5) is 4.79 Å². The molecule has 0 aliphatic heterocycles. The van der Waals surface area contributed by atoms with Crippen molar-refractivity contribution in [3.8, 4) is 0 Å². The summed E-state index contributed by atoms with van der Waals surface area (Å²) in [6.45, 7) is 3.99. The molecule has 1 atom stereocenters. The number of benzene rings is 2. The van der Waals surface area contributed by atoms with Crippen LogP contribution in [0.5, 0.6) is 0 Å².